The molecule has 0 radical (unpaired) electrons. The molecule has 1 aliphatic rings. The van der Waals surface area contributed by atoms with Gasteiger partial charge in [0.25, 0.3) is 5.91 Å². The molecule has 0 saturated carbocycles. The van der Waals surface area contributed by atoms with E-state index in [2.05, 4.69) is 5.32 Å². The Hall–Kier alpha value is -2.70. The fourth-order valence-corrected chi connectivity index (χ4v) is 3.15. The summed E-state index contributed by atoms with van der Waals surface area (Å²) in [6, 6.07) is 14.3. The van der Waals surface area contributed by atoms with Crippen molar-refractivity contribution in [2.45, 2.75) is 19.1 Å². The van der Waals surface area contributed by atoms with Crippen molar-refractivity contribution in [1.82, 2.24) is 5.32 Å². The zero-order valence-electron chi connectivity index (χ0n) is 14.8. The first kappa shape index (κ1) is 18.1. The number of aliphatic hydroxyl groups is 1. The van der Waals surface area contributed by atoms with Crippen LogP contribution in [0.25, 0.3) is 11.1 Å². The lowest BCUT2D eigenvalue weighted by Gasteiger charge is -2.26. The van der Waals surface area contributed by atoms with Crippen LogP contribution in [0.5, 0.6) is 0 Å². The van der Waals surface area contributed by atoms with Crippen LogP contribution in [0.15, 0.2) is 48.5 Å². The second-order valence-electron chi connectivity index (χ2n) is 6.20. The van der Waals surface area contributed by atoms with Gasteiger partial charge in [0.15, 0.2) is 0 Å². The molecule has 0 fully saturated rings. The highest BCUT2D eigenvalue weighted by Crippen LogP contribution is 2.39. The maximum atomic E-state index is 13.3. The van der Waals surface area contributed by atoms with Crippen molar-refractivity contribution in [2.75, 3.05) is 25.2 Å². The van der Waals surface area contributed by atoms with Crippen molar-refractivity contribution >= 4 is 17.5 Å². The van der Waals surface area contributed by atoms with E-state index >= 15 is 0 Å². The number of anilines is 1. The van der Waals surface area contributed by atoms with Gasteiger partial charge in [0, 0.05) is 19.2 Å². The Morgan fingerprint density at radius 2 is 1.85 bits per heavy atom. The molecule has 6 heteroatoms. The zero-order valence-corrected chi connectivity index (χ0v) is 14.8. The Kier molecular flexibility index (Phi) is 5.35. The molecule has 0 saturated heterocycles. The quantitative estimate of drug-likeness (QED) is 0.859. The van der Waals surface area contributed by atoms with Gasteiger partial charge in [-0.05, 0) is 24.1 Å². The second-order valence-corrected chi connectivity index (χ2v) is 6.20. The summed E-state index contributed by atoms with van der Waals surface area (Å²) in [4.78, 5) is 27.1. The fraction of sp³-hybridized carbons (Fsp3) is 0.300. The topological polar surface area (TPSA) is 78.9 Å². The van der Waals surface area contributed by atoms with Crippen LogP contribution in [0.1, 0.15) is 18.5 Å². The lowest BCUT2D eigenvalue weighted by atomic mass is 9.95. The minimum Gasteiger partial charge on any atom is -0.384 e. The molecule has 2 N–H and O–H groups in total. The predicted octanol–water partition coefficient (Wildman–Crippen LogP) is 1.88. The lowest BCUT2D eigenvalue weighted by Crippen LogP contribution is -2.45. The van der Waals surface area contributed by atoms with Crippen LogP contribution in [-0.2, 0) is 14.3 Å². The molecule has 136 valence electrons. The van der Waals surface area contributed by atoms with E-state index in [0.717, 1.165) is 16.8 Å². The Labute approximate surface area is 152 Å². The monoisotopic (exact) mass is 354 g/mol. The Balaban J connectivity index is 2.15. The molecule has 0 unspecified atom stereocenters. The highest BCUT2D eigenvalue weighted by molar-refractivity contribution is 6.06. The van der Waals surface area contributed by atoms with Crippen molar-refractivity contribution < 1.29 is 19.4 Å². The molecule has 3 rings (SSSR count). The van der Waals surface area contributed by atoms with Gasteiger partial charge in [-0.2, -0.15) is 0 Å². The van der Waals surface area contributed by atoms with Crippen molar-refractivity contribution in [2.24, 2.45) is 0 Å². The van der Waals surface area contributed by atoms with Crippen molar-refractivity contribution in [1.29, 1.82) is 0 Å². The minimum absolute atomic E-state index is 0.256. The van der Waals surface area contributed by atoms with Crippen LogP contribution in [0.3, 0.4) is 0 Å². The normalized spacial score (nSPS) is 17.1. The largest absolute Gasteiger partial charge is 0.384 e. The van der Waals surface area contributed by atoms with Crippen LogP contribution in [-0.4, -0.2) is 43.3 Å². The molecule has 2 aromatic carbocycles. The number of ether oxygens (including phenoxy) is 1. The molecule has 0 aromatic heterocycles. The van der Waals surface area contributed by atoms with Gasteiger partial charge in [-0.15, -0.1) is 0 Å². The number of aliphatic hydroxyl groups excluding tert-OH is 1. The number of carbonyl (C=O) groups excluding carboxylic acids is 2. The highest BCUT2D eigenvalue weighted by Gasteiger charge is 2.35. The molecule has 2 aromatic rings. The molecule has 2 atom stereocenters. The van der Waals surface area contributed by atoms with Crippen LogP contribution < -0.4 is 10.2 Å². The molecule has 1 aliphatic heterocycles. The van der Waals surface area contributed by atoms with Gasteiger partial charge in [0.1, 0.15) is 12.1 Å². The van der Waals surface area contributed by atoms with Gasteiger partial charge >= 0.3 is 0 Å². The molecular formula is C20H22N2O4. The van der Waals surface area contributed by atoms with Gasteiger partial charge in [-0.3, -0.25) is 9.59 Å². The number of benzene rings is 2. The van der Waals surface area contributed by atoms with Crippen LogP contribution in [0.4, 0.5) is 5.69 Å². The molecule has 0 bridgehead atoms. The number of carbonyl (C=O) groups is 2. The number of hydrogen-bond donors (Lipinski definition) is 2. The minimum atomic E-state index is -1.20. The Bertz CT molecular complexity index is 819. The average Bonchev–Trinajstić information content (AvgIpc) is 2.75. The smallest absolute Gasteiger partial charge is 0.254 e. The molecular weight excluding hydrogens is 332 g/mol. The van der Waals surface area contributed by atoms with Gasteiger partial charge < -0.3 is 20.1 Å². The van der Waals surface area contributed by atoms with Gasteiger partial charge in [-0.25, -0.2) is 0 Å². The second kappa shape index (κ2) is 7.68. The SMILES string of the molecule is COCCN1C(=O)[C@@H](NC(=O)[C@H](C)O)c2ccccc2-c2ccccc21. The fourth-order valence-electron chi connectivity index (χ4n) is 3.15. The summed E-state index contributed by atoms with van der Waals surface area (Å²) >= 11 is 0. The summed E-state index contributed by atoms with van der Waals surface area (Å²) in [5.41, 5.74) is 3.28. The summed E-state index contributed by atoms with van der Waals surface area (Å²) in [6.07, 6.45) is -1.20. The number of amides is 2. The van der Waals surface area contributed by atoms with Crippen molar-refractivity contribution in [3.63, 3.8) is 0 Å². The van der Waals surface area contributed by atoms with Gasteiger partial charge in [-0.1, -0.05) is 42.5 Å². The molecule has 1 heterocycles. The number of nitrogens with one attached hydrogen (secondary N) is 1. The first-order valence-corrected chi connectivity index (χ1v) is 8.51. The van der Waals surface area contributed by atoms with E-state index in [9.17, 15) is 14.7 Å². The standard InChI is InChI=1S/C20H22N2O4/c1-13(23)19(24)21-18-16-9-4-3-7-14(16)15-8-5-6-10-17(15)22(20(18)25)11-12-26-2/h3-10,13,18,23H,11-12H2,1-2H3,(H,21,24)/t13-,18-/m0/s1. The maximum absolute atomic E-state index is 13.3. The number of rotatable bonds is 5. The third kappa shape index (κ3) is 3.34. The van der Waals surface area contributed by atoms with E-state index < -0.39 is 18.1 Å². The first-order valence-electron chi connectivity index (χ1n) is 8.51. The molecule has 6 nitrogen and oxygen atoms in total. The van der Waals surface area contributed by atoms with E-state index in [4.69, 9.17) is 4.74 Å². The molecule has 2 amide bonds. The Morgan fingerprint density at radius 1 is 1.19 bits per heavy atom. The van der Waals surface area contributed by atoms with Crippen LogP contribution in [0, 0.1) is 0 Å². The average molecular weight is 354 g/mol. The maximum Gasteiger partial charge on any atom is 0.254 e. The van der Waals surface area contributed by atoms with Crippen molar-refractivity contribution in [3.8, 4) is 11.1 Å². The van der Waals surface area contributed by atoms with Gasteiger partial charge in [0.2, 0.25) is 5.91 Å². The van der Waals surface area contributed by atoms with Crippen LogP contribution in [0.2, 0.25) is 0 Å². The zero-order chi connectivity index (χ0) is 18.7. The van der Waals surface area contributed by atoms with E-state index in [0.29, 0.717) is 18.7 Å². The molecule has 0 aliphatic carbocycles. The summed E-state index contributed by atoms with van der Waals surface area (Å²) in [5, 5.41) is 12.3. The van der Waals surface area contributed by atoms with Gasteiger partial charge in [0.05, 0.1) is 12.3 Å². The lowest BCUT2D eigenvalue weighted by molar-refractivity contribution is -0.132. The van der Waals surface area contributed by atoms with Crippen LogP contribution >= 0.6 is 0 Å². The predicted molar refractivity (Wildman–Crippen MR) is 98.7 cm³/mol. The number of methoxy groups -OCH3 is 1. The summed E-state index contributed by atoms with van der Waals surface area (Å²) in [5.74, 6) is -0.843. The summed E-state index contributed by atoms with van der Waals surface area (Å²) < 4.78 is 5.16. The van der Waals surface area contributed by atoms with E-state index in [1.807, 2.05) is 48.5 Å². The van der Waals surface area contributed by atoms with E-state index in [1.54, 1.807) is 12.0 Å². The van der Waals surface area contributed by atoms with E-state index in [1.165, 1.54) is 6.92 Å². The molecule has 0 spiro atoms. The number of nitrogens with zero attached hydrogens (tertiary/aromatic N) is 1. The summed E-state index contributed by atoms with van der Waals surface area (Å²) in [7, 11) is 1.58. The highest BCUT2D eigenvalue weighted by atomic mass is 16.5. The summed E-state index contributed by atoms with van der Waals surface area (Å²) in [6.45, 7) is 2.11. The number of hydrogen-bond acceptors (Lipinski definition) is 4. The third-order valence-electron chi connectivity index (χ3n) is 4.45. The third-order valence-corrected chi connectivity index (χ3v) is 4.45. The first-order chi connectivity index (χ1) is 12.5. The number of para-hydroxylation sites is 1. The van der Waals surface area contributed by atoms with Crippen molar-refractivity contribution in [3.05, 3.63) is 54.1 Å². The Morgan fingerprint density at radius 3 is 2.54 bits per heavy atom. The molecule has 26 heavy (non-hydrogen) atoms. The van der Waals surface area contributed by atoms with E-state index in [-0.39, 0.29) is 5.91 Å². The number of fused-ring (bicyclic) bond motifs is 3.